The summed E-state index contributed by atoms with van der Waals surface area (Å²) in [6, 6.07) is 0.593. The molecule has 2 rings (SSSR count). The minimum absolute atomic E-state index is 0.132. The standard InChI is InChI=1S/C12H23NO3/c1-12(8-14,13-10-2-3-10)9-16-11-4-6-15-7-5-11/h10-11,13-14H,2-9H2,1H3. The van der Waals surface area contributed by atoms with Crippen LogP contribution in [0.25, 0.3) is 0 Å². The van der Waals surface area contributed by atoms with Gasteiger partial charge in [-0.05, 0) is 32.6 Å². The molecule has 1 saturated carbocycles. The fourth-order valence-electron chi connectivity index (χ4n) is 2.00. The number of aliphatic hydroxyl groups is 1. The third kappa shape index (κ3) is 3.70. The van der Waals surface area contributed by atoms with Crippen LogP contribution in [0.15, 0.2) is 0 Å². The number of hydrogen-bond donors (Lipinski definition) is 2. The first-order valence-corrected chi connectivity index (χ1v) is 6.30. The van der Waals surface area contributed by atoms with Crippen LogP contribution < -0.4 is 5.32 Å². The van der Waals surface area contributed by atoms with Gasteiger partial charge in [0.25, 0.3) is 0 Å². The van der Waals surface area contributed by atoms with Gasteiger partial charge in [-0.25, -0.2) is 0 Å². The van der Waals surface area contributed by atoms with Crippen LogP contribution in [-0.2, 0) is 9.47 Å². The molecule has 0 amide bonds. The Kier molecular flexibility index (Phi) is 4.19. The maximum absolute atomic E-state index is 9.42. The summed E-state index contributed by atoms with van der Waals surface area (Å²) < 4.78 is 11.2. The lowest BCUT2D eigenvalue weighted by Crippen LogP contribution is -2.51. The highest BCUT2D eigenvalue weighted by molar-refractivity contribution is 4.92. The molecule has 1 aliphatic heterocycles. The molecule has 2 aliphatic rings. The van der Waals surface area contributed by atoms with Crippen molar-refractivity contribution in [1.29, 1.82) is 0 Å². The van der Waals surface area contributed by atoms with Gasteiger partial charge in [-0.3, -0.25) is 0 Å². The smallest absolute Gasteiger partial charge is 0.0671 e. The maximum Gasteiger partial charge on any atom is 0.0671 e. The molecule has 0 bridgehead atoms. The van der Waals surface area contributed by atoms with Gasteiger partial charge in [-0.1, -0.05) is 0 Å². The van der Waals surface area contributed by atoms with E-state index >= 15 is 0 Å². The fourth-order valence-corrected chi connectivity index (χ4v) is 2.00. The highest BCUT2D eigenvalue weighted by Crippen LogP contribution is 2.23. The van der Waals surface area contributed by atoms with Gasteiger partial charge in [0.2, 0.25) is 0 Å². The van der Waals surface area contributed by atoms with Crippen molar-refractivity contribution < 1.29 is 14.6 Å². The highest BCUT2D eigenvalue weighted by Gasteiger charge is 2.33. The van der Waals surface area contributed by atoms with Crippen LogP contribution in [0.3, 0.4) is 0 Å². The SMILES string of the molecule is CC(CO)(COC1CCOCC1)NC1CC1. The monoisotopic (exact) mass is 229 g/mol. The van der Waals surface area contributed by atoms with Crippen LogP contribution in [0.5, 0.6) is 0 Å². The van der Waals surface area contributed by atoms with Crippen molar-refractivity contribution in [3.05, 3.63) is 0 Å². The average molecular weight is 229 g/mol. The number of nitrogens with one attached hydrogen (secondary N) is 1. The molecular formula is C12H23NO3. The molecule has 0 radical (unpaired) electrons. The summed E-state index contributed by atoms with van der Waals surface area (Å²) in [5.74, 6) is 0. The van der Waals surface area contributed by atoms with Crippen LogP contribution in [0.1, 0.15) is 32.6 Å². The Hall–Kier alpha value is -0.160. The molecule has 0 aromatic rings. The molecule has 16 heavy (non-hydrogen) atoms. The normalized spacial score (nSPS) is 26.6. The van der Waals surface area contributed by atoms with E-state index in [1.807, 2.05) is 6.92 Å². The van der Waals surface area contributed by atoms with Gasteiger partial charge in [-0.15, -0.1) is 0 Å². The molecule has 1 aliphatic carbocycles. The molecule has 1 atom stereocenters. The zero-order valence-corrected chi connectivity index (χ0v) is 10.1. The number of aliphatic hydroxyl groups excluding tert-OH is 1. The van der Waals surface area contributed by atoms with E-state index < -0.39 is 0 Å². The second-order valence-corrected chi connectivity index (χ2v) is 5.26. The molecule has 2 fully saturated rings. The Bertz CT molecular complexity index is 214. The number of ether oxygens (including phenoxy) is 2. The molecule has 1 unspecified atom stereocenters. The van der Waals surface area contributed by atoms with Gasteiger partial charge < -0.3 is 19.9 Å². The zero-order valence-electron chi connectivity index (χ0n) is 10.1. The Labute approximate surface area is 97.3 Å². The highest BCUT2D eigenvalue weighted by atomic mass is 16.5. The quantitative estimate of drug-likeness (QED) is 0.703. The summed E-state index contributed by atoms with van der Waals surface area (Å²) in [6.07, 6.45) is 4.72. The van der Waals surface area contributed by atoms with Gasteiger partial charge in [-0.2, -0.15) is 0 Å². The van der Waals surface area contributed by atoms with E-state index in [2.05, 4.69) is 5.32 Å². The van der Waals surface area contributed by atoms with Gasteiger partial charge in [0.1, 0.15) is 0 Å². The second kappa shape index (κ2) is 5.45. The summed E-state index contributed by atoms with van der Waals surface area (Å²) in [5, 5.41) is 12.9. The van der Waals surface area contributed by atoms with Crippen LogP contribution >= 0.6 is 0 Å². The molecule has 2 N–H and O–H groups in total. The lowest BCUT2D eigenvalue weighted by molar-refractivity contribution is -0.0567. The maximum atomic E-state index is 9.42. The molecule has 94 valence electrons. The summed E-state index contributed by atoms with van der Waals surface area (Å²) in [5.41, 5.74) is -0.278. The van der Waals surface area contributed by atoms with Gasteiger partial charge in [0, 0.05) is 19.3 Å². The number of hydrogen-bond acceptors (Lipinski definition) is 4. The van der Waals surface area contributed by atoms with Crippen LogP contribution in [0, 0.1) is 0 Å². The first kappa shape index (κ1) is 12.3. The molecule has 0 spiro atoms. The van der Waals surface area contributed by atoms with Gasteiger partial charge in [0.05, 0.1) is 24.9 Å². The van der Waals surface area contributed by atoms with E-state index in [1.54, 1.807) is 0 Å². The average Bonchev–Trinajstić information content (AvgIpc) is 3.12. The zero-order chi connectivity index (χ0) is 11.4. The lowest BCUT2D eigenvalue weighted by Gasteiger charge is -2.32. The van der Waals surface area contributed by atoms with Crippen molar-refractivity contribution in [3.63, 3.8) is 0 Å². The van der Waals surface area contributed by atoms with E-state index in [-0.39, 0.29) is 12.1 Å². The Morgan fingerprint density at radius 3 is 2.56 bits per heavy atom. The molecule has 4 nitrogen and oxygen atoms in total. The van der Waals surface area contributed by atoms with Crippen LogP contribution in [0.2, 0.25) is 0 Å². The topological polar surface area (TPSA) is 50.7 Å². The predicted molar refractivity (Wildman–Crippen MR) is 61.4 cm³/mol. The van der Waals surface area contributed by atoms with E-state index in [1.165, 1.54) is 12.8 Å². The summed E-state index contributed by atoms with van der Waals surface area (Å²) in [7, 11) is 0. The summed E-state index contributed by atoms with van der Waals surface area (Å²) in [6.45, 7) is 4.36. The third-order valence-electron chi connectivity index (χ3n) is 3.28. The summed E-state index contributed by atoms with van der Waals surface area (Å²) >= 11 is 0. The fraction of sp³-hybridized carbons (Fsp3) is 1.00. The molecule has 1 saturated heterocycles. The summed E-state index contributed by atoms with van der Waals surface area (Å²) in [4.78, 5) is 0. The van der Waals surface area contributed by atoms with Crippen molar-refractivity contribution >= 4 is 0 Å². The van der Waals surface area contributed by atoms with Gasteiger partial charge in [0.15, 0.2) is 0 Å². The van der Waals surface area contributed by atoms with Crippen LogP contribution in [0.4, 0.5) is 0 Å². The number of rotatable bonds is 6. The Balaban J connectivity index is 1.71. The second-order valence-electron chi connectivity index (χ2n) is 5.26. The lowest BCUT2D eigenvalue weighted by atomic mass is 10.0. The molecule has 0 aromatic heterocycles. The molecule has 0 aromatic carbocycles. The van der Waals surface area contributed by atoms with E-state index in [9.17, 15) is 5.11 Å². The van der Waals surface area contributed by atoms with Crippen molar-refractivity contribution in [2.45, 2.75) is 50.3 Å². The van der Waals surface area contributed by atoms with E-state index in [4.69, 9.17) is 9.47 Å². The largest absolute Gasteiger partial charge is 0.394 e. The van der Waals surface area contributed by atoms with Crippen molar-refractivity contribution in [2.24, 2.45) is 0 Å². The minimum atomic E-state index is -0.278. The Morgan fingerprint density at radius 2 is 2.00 bits per heavy atom. The van der Waals surface area contributed by atoms with Gasteiger partial charge >= 0.3 is 0 Å². The Morgan fingerprint density at radius 1 is 1.31 bits per heavy atom. The predicted octanol–water partition coefficient (Wildman–Crippen LogP) is 0.685. The minimum Gasteiger partial charge on any atom is -0.394 e. The third-order valence-corrected chi connectivity index (χ3v) is 3.28. The van der Waals surface area contributed by atoms with Crippen molar-refractivity contribution in [2.75, 3.05) is 26.4 Å². The first-order chi connectivity index (χ1) is 7.72. The van der Waals surface area contributed by atoms with E-state index in [0.717, 1.165) is 26.1 Å². The molecular weight excluding hydrogens is 206 g/mol. The van der Waals surface area contributed by atoms with Crippen molar-refractivity contribution in [3.8, 4) is 0 Å². The van der Waals surface area contributed by atoms with Crippen molar-refractivity contribution in [1.82, 2.24) is 5.32 Å². The first-order valence-electron chi connectivity index (χ1n) is 6.30. The van der Waals surface area contributed by atoms with Crippen LogP contribution in [-0.4, -0.2) is 49.2 Å². The molecule has 4 heteroatoms. The molecule has 1 heterocycles. The van der Waals surface area contributed by atoms with E-state index in [0.29, 0.717) is 18.8 Å².